The van der Waals surface area contributed by atoms with Gasteiger partial charge < -0.3 is 10.2 Å². The number of carbonyl (C=O) groups is 1. The Morgan fingerprint density at radius 1 is 1.33 bits per heavy atom. The zero-order chi connectivity index (χ0) is 15.3. The van der Waals surface area contributed by atoms with Crippen LogP contribution in [0.3, 0.4) is 0 Å². The van der Waals surface area contributed by atoms with Gasteiger partial charge in [0.1, 0.15) is 0 Å². The van der Waals surface area contributed by atoms with E-state index in [2.05, 4.69) is 5.32 Å². The van der Waals surface area contributed by atoms with Gasteiger partial charge in [-0.15, -0.1) is 0 Å². The van der Waals surface area contributed by atoms with Gasteiger partial charge in [-0.25, -0.2) is 8.42 Å². The van der Waals surface area contributed by atoms with Crippen LogP contribution in [0.15, 0.2) is 30.3 Å². The van der Waals surface area contributed by atoms with Gasteiger partial charge in [0, 0.05) is 19.1 Å². The number of likely N-dealkylation sites (N-methyl/N-ethyl adjacent to an activating group) is 1. The highest BCUT2D eigenvalue weighted by molar-refractivity contribution is 7.91. The highest BCUT2D eigenvalue weighted by Gasteiger charge is 2.28. The number of hydrogen-bond donors (Lipinski definition) is 1. The normalized spacial score (nSPS) is 20.3. The fourth-order valence-electron chi connectivity index (χ4n) is 2.48. The van der Waals surface area contributed by atoms with E-state index in [9.17, 15) is 13.2 Å². The SMILES string of the molecule is CCN(Cc1ccccc1)C(=O)CNC1CCS(=O)(=O)C1. The molecule has 1 aliphatic rings. The zero-order valence-electron chi connectivity index (χ0n) is 12.3. The molecule has 0 aliphatic carbocycles. The van der Waals surface area contributed by atoms with E-state index < -0.39 is 9.84 Å². The minimum atomic E-state index is -2.91. The second kappa shape index (κ2) is 7.04. The summed E-state index contributed by atoms with van der Waals surface area (Å²) in [5, 5.41) is 3.07. The summed E-state index contributed by atoms with van der Waals surface area (Å²) in [4.78, 5) is 14.0. The maximum atomic E-state index is 12.2. The van der Waals surface area contributed by atoms with Gasteiger partial charge in [-0.1, -0.05) is 30.3 Å². The largest absolute Gasteiger partial charge is 0.338 e. The van der Waals surface area contributed by atoms with Crippen molar-refractivity contribution >= 4 is 15.7 Å². The molecule has 1 saturated heterocycles. The third-order valence-corrected chi connectivity index (χ3v) is 5.49. The van der Waals surface area contributed by atoms with Gasteiger partial charge in [0.05, 0.1) is 18.1 Å². The maximum absolute atomic E-state index is 12.2. The Labute approximate surface area is 126 Å². The lowest BCUT2D eigenvalue weighted by atomic mass is 10.2. The molecular weight excluding hydrogens is 288 g/mol. The van der Waals surface area contributed by atoms with Crippen molar-refractivity contribution in [1.82, 2.24) is 10.2 Å². The van der Waals surface area contributed by atoms with Crippen molar-refractivity contribution in [2.45, 2.75) is 25.9 Å². The van der Waals surface area contributed by atoms with Crippen LogP contribution in [0.2, 0.25) is 0 Å². The predicted molar refractivity (Wildman–Crippen MR) is 82.6 cm³/mol. The van der Waals surface area contributed by atoms with Crippen LogP contribution in [-0.4, -0.2) is 49.9 Å². The first-order valence-corrected chi connectivity index (χ1v) is 9.08. The molecule has 0 spiro atoms. The molecule has 2 rings (SSSR count). The quantitative estimate of drug-likeness (QED) is 0.844. The molecule has 0 aromatic heterocycles. The van der Waals surface area contributed by atoms with Crippen LogP contribution in [0.5, 0.6) is 0 Å². The molecule has 0 saturated carbocycles. The molecule has 6 heteroatoms. The summed E-state index contributed by atoms with van der Waals surface area (Å²) in [6, 6.07) is 9.75. The van der Waals surface area contributed by atoms with Crippen LogP contribution in [0.1, 0.15) is 18.9 Å². The highest BCUT2D eigenvalue weighted by atomic mass is 32.2. The molecule has 1 fully saturated rings. The summed E-state index contributed by atoms with van der Waals surface area (Å²) < 4.78 is 22.8. The lowest BCUT2D eigenvalue weighted by Gasteiger charge is -2.22. The fraction of sp³-hybridized carbons (Fsp3) is 0.533. The van der Waals surface area contributed by atoms with Crippen molar-refractivity contribution in [2.75, 3.05) is 24.6 Å². The summed E-state index contributed by atoms with van der Waals surface area (Å²) in [5.41, 5.74) is 1.09. The molecule has 1 heterocycles. The fourth-order valence-corrected chi connectivity index (χ4v) is 4.19. The summed E-state index contributed by atoms with van der Waals surface area (Å²) >= 11 is 0. The third-order valence-electron chi connectivity index (χ3n) is 3.73. The lowest BCUT2D eigenvalue weighted by molar-refractivity contribution is -0.130. The first kappa shape index (κ1) is 16.0. The Morgan fingerprint density at radius 3 is 2.62 bits per heavy atom. The van der Waals surface area contributed by atoms with Gasteiger partial charge in [-0.2, -0.15) is 0 Å². The standard InChI is InChI=1S/C15H22N2O3S/c1-2-17(11-13-6-4-3-5-7-13)15(18)10-16-14-8-9-21(19,20)12-14/h3-7,14,16H,2,8-12H2,1H3. The second-order valence-corrected chi connectivity index (χ2v) is 7.60. The highest BCUT2D eigenvalue weighted by Crippen LogP contribution is 2.11. The predicted octanol–water partition coefficient (Wildman–Crippen LogP) is 0.812. The summed E-state index contributed by atoms with van der Waals surface area (Å²) in [7, 11) is -2.91. The minimum absolute atomic E-state index is 0.00523. The Morgan fingerprint density at radius 2 is 2.05 bits per heavy atom. The van der Waals surface area contributed by atoms with E-state index in [0.717, 1.165) is 5.56 Å². The van der Waals surface area contributed by atoms with Crippen LogP contribution in [0.25, 0.3) is 0 Å². The van der Waals surface area contributed by atoms with E-state index >= 15 is 0 Å². The van der Waals surface area contributed by atoms with Crippen molar-refractivity contribution in [3.8, 4) is 0 Å². The minimum Gasteiger partial charge on any atom is -0.338 e. The molecular formula is C15H22N2O3S. The molecule has 116 valence electrons. The molecule has 5 nitrogen and oxygen atoms in total. The molecule has 0 bridgehead atoms. The van der Waals surface area contributed by atoms with Crippen LogP contribution >= 0.6 is 0 Å². The Balaban J connectivity index is 1.83. The number of nitrogens with one attached hydrogen (secondary N) is 1. The number of nitrogens with zero attached hydrogens (tertiary/aromatic N) is 1. The monoisotopic (exact) mass is 310 g/mol. The zero-order valence-corrected chi connectivity index (χ0v) is 13.1. The average Bonchev–Trinajstić information content (AvgIpc) is 2.82. The Bertz CT molecular complexity index is 572. The van der Waals surface area contributed by atoms with E-state index in [1.165, 1.54) is 0 Å². The van der Waals surface area contributed by atoms with E-state index in [0.29, 0.717) is 19.5 Å². The van der Waals surface area contributed by atoms with Crippen LogP contribution in [0, 0.1) is 0 Å². The van der Waals surface area contributed by atoms with Crippen molar-refractivity contribution in [3.63, 3.8) is 0 Å². The number of rotatable bonds is 6. The maximum Gasteiger partial charge on any atom is 0.236 e. The topological polar surface area (TPSA) is 66.5 Å². The number of benzene rings is 1. The van der Waals surface area contributed by atoms with E-state index in [4.69, 9.17) is 0 Å². The first-order valence-electron chi connectivity index (χ1n) is 7.25. The van der Waals surface area contributed by atoms with Gasteiger partial charge in [-0.3, -0.25) is 4.79 Å². The molecule has 1 aliphatic heterocycles. The molecule has 21 heavy (non-hydrogen) atoms. The van der Waals surface area contributed by atoms with E-state index in [1.54, 1.807) is 4.90 Å². The van der Waals surface area contributed by atoms with Crippen LogP contribution < -0.4 is 5.32 Å². The molecule has 1 unspecified atom stereocenters. The first-order chi connectivity index (χ1) is 10.00. The van der Waals surface area contributed by atoms with Crippen LogP contribution in [-0.2, 0) is 21.2 Å². The van der Waals surface area contributed by atoms with Gasteiger partial charge in [0.2, 0.25) is 5.91 Å². The average molecular weight is 310 g/mol. The number of amides is 1. The van der Waals surface area contributed by atoms with Crippen LogP contribution in [0.4, 0.5) is 0 Å². The van der Waals surface area contributed by atoms with Crippen molar-refractivity contribution in [3.05, 3.63) is 35.9 Å². The molecule has 0 radical (unpaired) electrons. The van der Waals surface area contributed by atoms with E-state index in [1.807, 2.05) is 37.3 Å². The van der Waals surface area contributed by atoms with Crippen molar-refractivity contribution in [1.29, 1.82) is 0 Å². The third kappa shape index (κ3) is 4.82. The summed E-state index contributed by atoms with van der Waals surface area (Å²) in [6.07, 6.45) is 0.598. The van der Waals surface area contributed by atoms with Gasteiger partial charge >= 0.3 is 0 Å². The second-order valence-electron chi connectivity index (χ2n) is 5.37. The molecule has 1 N–H and O–H groups in total. The van der Waals surface area contributed by atoms with Crippen molar-refractivity contribution in [2.24, 2.45) is 0 Å². The van der Waals surface area contributed by atoms with Gasteiger partial charge in [0.15, 0.2) is 9.84 Å². The molecule has 1 aromatic rings. The Kier molecular flexibility index (Phi) is 5.36. The molecule has 1 aromatic carbocycles. The smallest absolute Gasteiger partial charge is 0.236 e. The number of sulfone groups is 1. The summed E-state index contributed by atoms with van der Waals surface area (Å²) in [6.45, 7) is 3.36. The summed E-state index contributed by atoms with van der Waals surface area (Å²) in [5.74, 6) is 0.372. The van der Waals surface area contributed by atoms with Crippen molar-refractivity contribution < 1.29 is 13.2 Å². The molecule has 1 amide bonds. The van der Waals surface area contributed by atoms with Gasteiger partial charge in [-0.05, 0) is 18.9 Å². The van der Waals surface area contributed by atoms with E-state index in [-0.39, 0.29) is 30.0 Å². The molecule has 1 atom stereocenters. The lowest BCUT2D eigenvalue weighted by Crippen LogP contribution is -2.41. The number of hydrogen-bond acceptors (Lipinski definition) is 4. The van der Waals surface area contributed by atoms with Gasteiger partial charge in [0.25, 0.3) is 0 Å². The number of carbonyl (C=O) groups excluding carboxylic acids is 1. The Hall–Kier alpha value is -1.40.